The number of aliphatic hydroxyl groups excluding tert-OH is 1. The number of thiophene rings is 1. The van der Waals surface area contributed by atoms with Crippen LogP contribution in [0.1, 0.15) is 11.8 Å². The summed E-state index contributed by atoms with van der Waals surface area (Å²) >= 11 is 1.52. The summed E-state index contributed by atoms with van der Waals surface area (Å²) in [6, 6.07) is 3.77. The second kappa shape index (κ2) is 4.74. The van der Waals surface area contributed by atoms with Crippen molar-refractivity contribution >= 4 is 23.5 Å². The van der Waals surface area contributed by atoms with Crippen LogP contribution in [0.2, 0.25) is 0 Å². The van der Waals surface area contributed by atoms with E-state index < -0.39 is 12.0 Å². The van der Waals surface area contributed by atoms with E-state index >= 15 is 0 Å². The summed E-state index contributed by atoms with van der Waals surface area (Å²) in [4.78, 5) is 11.7. The number of hydrazone groups is 1. The van der Waals surface area contributed by atoms with E-state index in [2.05, 4.69) is 10.5 Å². The predicted molar refractivity (Wildman–Crippen MR) is 51.7 cm³/mol. The average Bonchev–Trinajstić information content (AvgIpc) is 2.56. The van der Waals surface area contributed by atoms with E-state index in [9.17, 15) is 4.79 Å². The molecule has 1 aromatic heterocycles. The fourth-order valence-corrected chi connectivity index (χ4v) is 1.20. The van der Waals surface area contributed by atoms with Gasteiger partial charge < -0.3 is 5.11 Å². The number of aliphatic hydroxyl groups is 1. The number of nitrogens with one attached hydrogen (secondary N) is 1. The van der Waals surface area contributed by atoms with Gasteiger partial charge in [0.2, 0.25) is 0 Å². The van der Waals surface area contributed by atoms with Crippen molar-refractivity contribution in [2.24, 2.45) is 5.10 Å². The molecule has 1 amide bonds. The van der Waals surface area contributed by atoms with Gasteiger partial charge in [0.25, 0.3) is 5.91 Å². The van der Waals surface area contributed by atoms with Crippen LogP contribution < -0.4 is 5.43 Å². The van der Waals surface area contributed by atoms with Gasteiger partial charge in [-0.1, -0.05) is 6.07 Å². The van der Waals surface area contributed by atoms with Gasteiger partial charge in [-0.15, -0.1) is 11.3 Å². The smallest absolute Gasteiger partial charge is 0.268 e. The minimum absolute atomic E-state index is 0.507. The molecule has 1 atom stereocenters. The zero-order chi connectivity index (χ0) is 9.68. The van der Waals surface area contributed by atoms with E-state index in [0.29, 0.717) is 0 Å². The SMILES string of the molecule is CC(O)C(=O)N/N=C/c1cccs1. The molecule has 1 unspecified atom stereocenters. The van der Waals surface area contributed by atoms with E-state index in [4.69, 9.17) is 5.11 Å². The Hall–Kier alpha value is -1.20. The Balaban J connectivity index is 2.39. The molecule has 1 rings (SSSR count). The van der Waals surface area contributed by atoms with Gasteiger partial charge >= 0.3 is 0 Å². The maximum absolute atomic E-state index is 10.8. The Morgan fingerprint density at radius 2 is 2.62 bits per heavy atom. The molecule has 0 aromatic carbocycles. The van der Waals surface area contributed by atoms with Crippen molar-refractivity contribution < 1.29 is 9.90 Å². The van der Waals surface area contributed by atoms with Crippen molar-refractivity contribution in [2.45, 2.75) is 13.0 Å². The van der Waals surface area contributed by atoms with Crippen LogP contribution in [0.25, 0.3) is 0 Å². The zero-order valence-corrected chi connectivity index (χ0v) is 7.91. The molecular weight excluding hydrogens is 188 g/mol. The number of rotatable bonds is 3. The summed E-state index contributed by atoms with van der Waals surface area (Å²) in [6.07, 6.45) is 0.505. The van der Waals surface area contributed by atoms with Crippen LogP contribution in [0.5, 0.6) is 0 Å². The normalized spacial score (nSPS) is 13.1. The van der Waals surface area contributed by atoms with Gasteiger partial charge in [-0.2, -0.15) is 5.10 Å². The van der Waals surface area contributed by atoms with Crippen molar-refractivity contribution in [3.8, 4) is 0 Å². The molecule has 1 aromatic rings. The molecule has 4 nitrogen and oxygen atoms in total. The van der Waals surface area contributed by atoms with Gasteiger partial charge in [0.05, 0.1) is 6.21 Å². The molecule has 0 fully saturated rings. The fraction of sp³-hybridized carbons (Fsp3) is 0.250. The van der Waals surface area contributed by atoms with Crippen LogP contribution in [0, 0.1) is 0 Å². The second-order valence-electron chi connectivity index (χ2n) is 2.43. The lowest BCUT2D eigenvalue weighted by Crippen LogP contribution is -2.28. The molecule has 0 aliphatic heterocycles. The summed E-state index contributed by atoms with van der Waals surface area (Å²) in [7, 11) is 0. The van der Waals surface area contributed by atoms with E-state index in [1.165, 1.54) is 24.5 Å². The van der Waals surface area contributed by atoms with Gasteiger partial charge in [0.1, 0.15) is 6.10 Å². The van der Waals surface area contributed by atoms with Crippen molar-refractivity contribution in [2.75, 3.05) is 0 Å². The standard InChI is InChI=1S/C8H10N2O2S/c1-6(11)8(12)10-9-5-7-3-2-4-13-7/h2-6,11H,1H3,(H,10,12)/b9-5+. The minimum atomic E-state index is -1.03. The van der Waals surface area contributed by atoms with E-state index in [-0.39, 0.29) is 0 Å². The number of amides is 1. The largest absolute Gasteiger partial charge is 0.383 e. The molecule has 0 radical (unpaired) electrons. The highest BCUT2D eigenvalue weighted by Gasteiger charge is 2.05. The third-order valence-corrected chi connectivity index (χ3v) is 2.10. The highest BCUT2D eigenvalue weighted by molar-refractivity contribution is 7.11. The topological polar surface area (TPSA) is 61.7 Å². The molecule has 0 saturated carbocycles. The van der Waals surface area contributed by atoms with Crippen molar-refractivity contribution in [3.63, 3.8) is 0 Å². The molecule has 0 saturated heterocycles. The Labute approximate surface area is 79.9 Å². The molecule has 0 aliphatic rings. The van der Waals surface area contributed by atoms with Crippen LogP contribution in [0.15, 0.2) is 22.6 Å². The molecule has 0 bridgehead atoms. The summed E-state index contributed by atoms with van der Waals surface area (Å²) in [5.41, 5.74) is 2.21. The highest BCUT2D eigenvalue weighted by Crippen LogP contribution is 2.03. The first kappa shape index (κ1) is 9.88. The lowest BCUT2D eigenvalue weighted by Gasteiger charge is -1.99. The highest BCUT2D eigenvalue weighted by atomic mass is 32.1. The van der Waals surface area contributed by atoms with Gasteiger partial charge in [-0.05, 0) is 18.4 Å². The van der Waals surface area contributed by atoms with Gasteiger partial charge in [0, 0.05) is 4.88 Å². The monoisotopic (exact) mass is 198 g/mol. The Morgan fingerprint density at radius 3 is 3.15 bits per heavy atom. The predicted octanol–water partition coefficient (Wildman–Crippen LogP) is 0.579. The summed E-state index contributed by atoms with van der Waals surface area (Å²) in [6.45, 7) is 1.38. The summed E-state index contributed by atoms with van der Waals surface area (Å²) in [5.74, 6) is -0.507. The van der Waals surface area contributed by atoms with Crippen molar-refractivity contribution in [1.29, 1.82) is 0 Å². The number of carbonyl (C=O) groups is 1. The number of hydrogen-bond acceptors (Lipinski definition) is 4. The van der Waals surface area contributed by atoms with Crippen LogP contribution in [0.3, 0.4) is 0 Å². The molecule has 2 N–H and O–H groups in total. The van der Waals surface area contributed by atoms with E-state index in [1.54, 1.807) is 0 Å². The molecular formula is C8H10N2O2S. The maximum atomic E-state index is 10.8. The first-order valence-electron chi connectivity index (χ1n) is 3.74. The number of nitrogens with zero attached hydrogens (tertiary/aromatic N) is 1. The Morgan fingerprint density at radius 1 is 1.85 bits per heavy atom. The molecule has 0 spiro atoms. The van der Waals surface area contributed by atoms with Crippen LogP contribution in [0.4, 0.5) is 0 Å². The minimum Gasteiger partial charge on any atom is -0.383 e. The first-order chi connectivity index (χ1) is 6.20. The first-order valence-corrected chi connectivity index (χ1v) is 4.62. The fourth-order valence-electron chi connectivity index (χ4n) is 0.618. The lowest BCUT2D eigenvalue weighted by molar-refractivity contribution is -0.128. The number of carbonyl (C=O) groups excluding carboxylic acids is 1. The quantitative estimate of drug-likeness (QED) is 0.551. The van der Waals surface area contributed by atoms with Crippen LogP contribution >= 0.6 is 11.3 Å². The third kappa shape index (κ3) is 3.35. The van der Waals surface area contributed by atoms with Crippen molar-refractivity contribution in [1.82, 2.24) is 5.43 Å². The Bertz CT molecular complexity index is 293. The van der Waals surface area contributed by atoms with Gasteiger partial charge in [0.15, 0.2) is 0 Å². The van der Waals surface area contributed by atoms with Gasteiger partial charge in [-0.25, -0.2) is 5.43 Å². The molecule has 1 heterocycles. The zero-order valence-electron chi connectivity index (χ0n) is 7.10. The molecule has 13 heavy (non-hydrogen) atoms. The van der Waals surface area contributed by atoms with Crippen LogP contribution in [-0.4, -0.2) is 23.3 Å². The Kier molecular flexibility index (Phi) is 3.60. The third-order valence-electron chi connectivity index (χ3n) is 1.29. The van der Waals surface area contributed by atoms with E-state index in [1.807, 2.05) is 17.5 Å². The molecule has 70 valence electrons. The molecule has 0 aliphatic carbocycles. The maximum Gasteiger partial charge on any atom is 0.268 e. The average molecular weight is 198 g/mol. The van der Waals surface area contributed by atoms with Gasteiger partial charge in [-0.3, -0.25) is 4.79 Å². The number of hydrogen-bond donors (Lipinski definition) is 2. The second-order valence-corrected chi connectivity index (χ2v) is 3.40. The molecule has 5 heteroatoms. The summed E-state index contributed by atoms with van der Waals surface area (Å²) in [5, 5.41) is 14.4. The van der Waals surface area contributed by atoms with E-state index in [0.717, 1.165) is 4.88 Å². The van der Waals surface area contributed by atoms with Crippen molar-refractivity contribution in [3.05, 3.63) is 22.4 Å². The lowest BCUT2D eigenvalue weighted by atomic mass is 10.4. The van der Waals surface area contributed by atoms with Crippen LogP contribution in [-0.2, 0) is 4.79 Å². The summed E-state index contributed by atoms with van der Waals surface area (Å²) < 4.78 is 0.